The van der Waals surface area contributed by atoms with Crippen molar-refractivity contribution in [2.45, 2.75) is 0 Å². The Kier molecular flexibility index (Phi) is 2.68. The molecule has 2 aromatic rings. The van der Waals surface area contributed by atoms with E-state index in [1.54, 1.807) is 6.07 Å². The molecule has 0 saturated heterocycles. The lowest BCUT2D eigenvalue weighted by Crippen LogP contribution is -1.99. The van der Waals surface area contributed by atoms with Crippen LogP contribution >= 0.6 is 0 Å². The van der Waals surface area contributed by atoms with E-state index in [1.165, 1.54) is 30.3 Å². The summed E-state index contributed by atoms with van der Waals surface area (Å²) in [6.45, 7) is 0. The number of allylic oxidation sites excluding steroid dienone is 1. The molecule has 2 aromatic carbocycles. The molecule has 3 rings (SSSR count). The number of aromatic hydroxyl groups is 2. The number of ether oxygens (including phenoxy) is 1. The maximum atomic E-state index is 13.5. The van der Waals surface area contributed by atoms with Gasteiger partial charge < -0.3 is 14.9 Å². The summed E-state index contributed by atoms with van der Waals surface area (Å²) in [6, 6.07) is 8.20. The molecule has 0 bridgehead atoms. The molecule has 2 N–H and O–H groups in total. The summed E-state index contributed by atoms with van der Waals surface area (Å²) in [5.74, 6) is -1.69. The van der Waals surface area contributed by atoms with Gasteiger partial charge in [-0.3, -0.25) is 4.79 Å². The van der Waals surface area contributed by atoms with Gasteiger partial charge in [0.15, 0.2) is 5.76 Å². The normalized spacial score (nSPS) is 15.2. The molecule has 0 radical (unpaired) electrons. The molecule has 0 aliphatic carbocycles. The van der Waals surface area contributed by atoms with Crippen LogP contribution in [0, 0.1) is 5.82 Å². The van der Waals surface area contributed by atoms with Crippen LogP contribution in [-0.2, 0) is 0 Å². The lowest BCUT2D eigenvalue weighted by molar-refractivity contribution is 0.101. The molecule has 0 saturated carbocycles. The van der Waals surface area contributed by atoms with E-state index in [2.05, 4.69) is 0 Å². The van der Waals surface area contributed by atoms with Crippen LogP contribution in [-0.4, -0.2) is 16.0 Å². The maximum Gasteiger partial charge on any atom is 0.235 e. The Morgan fingerprint density at radius 1 is 1.15 bits per heavy atom. The molecule has 20 heavy (non-hydrogen) atoms. The number of hydrogen-bond donors (Lipinski definition) is 2. The molecule has 1 heterocycles. The average Bonchev–Trinajstić information content (AvgIpc) is 2.69. The molecular weight excluding hydrogens is 263 g/mol. The number of phenols is 2. The highest BCUT2D eigenvalue weighted by atomic mass is 19.1. The first-order valence-corrected chi connectivity index (χ1v) is 5.81. The van der Waals surface area contributed by atoms with Gasteiger partial charge in [0.25, 0.3) is 0 Å². The fraction of sp³-hybridized carbons (Fsp3) is 0. The minimum Gasteiger partial charge on any atom is -0.508 e. The highest BCUT2D eigenvalue weighted by molar-refractivity contribution is 6.16. The van der Waals surface area contributed by atoms with E-state index in [9.17, 15) is 19.4 Å². The highest BCUT2D eigenvalue weighted by Crippen LogP contribution is 2.40. The van der Waals surface area contributed by atoms with Crippen molar-refractivity contribution in [3.63, 3.8) is 0 Å². The van der Waals surface area contributed by atoms with Crippen molar-refractivity contribution in [1.82, 2.24) is 0 Å². The zero-order valence-corrected chi connectivity index (χ0v) is 10.1. The fourth-order valence-corrected chi connectivity index (χ4v) is 2.01. The van der Waals surface area contributed by atoms with Crippen LogP contribution < -0.4 is 4.74 Å². The first-order valence-electron chi connectivity index (χ1n) is 5.81. The van der Waals surface area contributed by atoms with Gasteiger partial charge in [0.1, 0.15) is 28.6 Å². The molecule has 0 amide bonds. The molecule has 5 heteroatoms. The van der Waals surface area contributed by atoms with Crippen LogP contribution in [0.2, 0.25) is 0 Å². The number of hydrogen-bond acceptors (Lipinski definition) is 4. The van der Waals surface area contributed by atoms with Crippen LogP contribution in [0.1, 0.15) is 15.9 Å². The minimum atomic E-state index is -0.555. The van der Waals surface area contributed by atoms with Gasteiger partial charge in [-0.2, -0.15) is 0 Å². The molecule has 0 aromatic heterocycles. The predicted molar refractivity (Wildman–Crippen MR) is 69.1 cm³/mol. The second-order valence-corrected chi connectivity index (χ2v) is 4.30. The van der Waals surface area contributed by atoms with Gasteiger partial charge in [-0.05, 0) is 12.1 Å². The first-order chi connectivity index (χ1) is 9.56. The molecular formula is C15H9FO4. The number of phenolic OH excluding ortho intramolecular Hbond substituents is 2. The Hall–Kier alpha value is -2.82. The SMILES string of the molecule is O=C1/C(=C/c2ccccc2F)Oc2cc(O)cc(O)c21. The highest BCUT2D eigenvalue weighted by Gasteiger charge is 2.31. The summed E-state index contributed by atoms with van der Waals surface area (Å²) >= 11 is 0. The second-order valence-electron chi connectivity index (χ2n) is 4.30. The summed E-state index contributed by atoms with van der Waals surface area (Å²) in [7, 11) is 0. The van der Waals surface area contributed by atoms with Crippen LogP contribution in [0.3, 0.4) is 0 Å². The largest absolute Gasteiger partial charge is 0.508 e. The number of ketones is 1. The van der Waals surface area contributed by atoms with Gasteiger partial charge in [0, 0.05) is 17.7 Å². The van der Waals surface area contributed by atoms with E-state index in [4.69, 9.17) is 4.74 Å². The number of carbonyl (C=O) groups is 1. The quantitative estimate of drug-likeness (QED) is 0.783. The monoisotopic (exact) mass is 272 g/mol. The maximum absolute atomic E-state index is 13.5. The van der Waals surface area contributed by atoms with Gasteiger partial charge in [-0.25, -0.2) is 4.39 Å². The summed E-state index contributed by atoms with van der Waals surface area (Å²) < 4.78 is 18.8. The number of benzene rings is 2. The summed E-state index contributed by atoms with van der Waals surface area (Å²) in [4.78, 5) is 12.1. The Morgan fingerprint density at radius 2 is 1.90 bits per heavy atom. The number of halogens is 1. The third-order valence-corrected chi connectivity index (χ3v) is 2.93. The standard InChI is InChI=1S/C15H9FO4/c16-10-4-2-1-3-8(10)5-13-15(19)14-11(18)6-9(17)7-12(14)20-13/h1-7,17-18H/b13-5-. The zero-order chi connectivity index (χ0) is 14.3. The van der Waals surface area contributed by atoms with Crippen LogP contribution in [0.15, 0.2) is 42.2 Å². The molecule has 0 spiro atoms. The van der Waals surface area contributed by atoms with E-state index < -0.39 is 11.6 Å². The average molecular weight is 272 g/mol. The van der Waals surface area contributed by atoms with Crippen molar-refractivity contribution in [3.8, 4) is 17.2 Å². The molecule has 1 aliphatic rings. The Bertz CT molecular complexity index is 750. The Morgan fingerprint density at radius 3 is 2.65 bits per heavy atom. The van der Waals surface area contributed by atoms with Crippen molar-refractivity contribution in [1.29, 1.82) is 0 Å². The van der Waals surface area contributed by atoms with Crippen LogP contribution in [0.4, 0.5) is 4.39 Å². The third-order valence-electron chi connectivity index (χ3n) is 2.93. The van der Waals surface area contributed by atoms with Crippen molar-refractivity contribution in [3.05, 3.63) is 59.1 Å². The van der Waals surface area contributed by atoms with Gasteiger partial charge in [0.2, 0.25) is 5.78 Å². The molecule has 1 aliphatic heterocycles. The predicted octanol–water partition coefficient (Wildman–Crippen LogP) is 2.85. The van der Waals surface area contributed by atoms with Gasteiger partial charge in [0.05, 0.1) is 0 Å². The van der Waals surface area contributed by atoms with Crippen molar-refractivity contribution in [2.24, 2.45) is 0 Å². The zero-order valence-electron chi connectivity index (χ0n) is 10.1. The number of Topliss-reactive ketones (excluding diaryl/α,β-unsaturated/α-hetero) is 1. The Balaban J connectivity index is 2.07. The lowest BCUT2D eigenvalue weighted by atomic mass is 10.1. The minimum absolute atomic E-state index is 0.0367. The van der Waals surface area contributed by atoms with Crippen LogP contribution in [0.5, 0.6) is 17.2 Å². The van der Waals surface area contributed by atoms with Crippen molar-refractivity contribution in [2.75, 3.05) is 0 Å². The Labute approximate surface area is 113 Å². The molecule has 4 nitrogen and oxygen atoms in total. The fourth-order valence-electron chi connectivity index (χ4n) is 2.01. The third kappa shape index (κ3) is 1.89. The van der Waals surface area contributed by atoms with E-state index in [0.717, 1.165) is 6.07 Å². The van der Waals surface area contributed by atoms with Gasteiger partial charge in [-0.15, -0.1) is 0 Å². The summed E-state index contributed by atoms with van der Waals surface area (Å²) in [5, 5.41) is 19.0. The number of carbonyl (C=O) groups excluding carboxylic acids is 1. The second kappa shape index (κ2) is 4.38. The molecule has 0 unspecified atom stereocenters. The van der Waals surface area contributed by atoms with Crippen molar-refractivity contribution < 1.29 is 24.1 Å². The smallest absolute Gasteiger partial charge is 0.235 e. The van der Waals surface area contributed by atoms with E-state index in [0.29, 0.717) is 0 Å². The number of fused-ring (bicyclic) bond motifs is 1. The lowest BCUT2D eigenvalue weighted by Gasteiger charge is -2.00. The van der Waals surface area contributed by atoms with E-state index in [-0.39, 0.29) is 34.1 Å². The first kappa shape index (κ1) is 12.2. The van der Waals surface area contributed by atoms with Gasteiger partial charge >= 0.3 is 0 Å². The number of rotatable bonds is 1. The molecule has 0 atom stereocenters. The van der Waals surface area contributed by atoms with Crippen molar-refractivity contribution >= 4 is 11.9 Å². The topological polar surface area (TPSA) is 66.8 Å². The summed E-state index contributed by atoms with van der Waals surface area (Å²) in [6.07, 6.45) is 1.26. The molecule has 100 valence electrons. The van der Waals surface area contributed by atoms with E-state index in [1.807, 2.05) is 0 Å². The van der Waals surface area contributed by atoms with E-state index >= 15 is 0 Å². The molecule has 0 fully saturated rings. The van der Waals surface area contributed by atoms with Crippen LogP contribution in [0.25, 0.3) is 6.08 Å². The van der Waals surface area contributed by atoms with Gasteiger partial charge in [-0.1, -0.05) is 18.2 Å². The summed E-state index contributed by atoms with van der Waals surface area (Å²) in [5.41, 5.74) is 0.165.